The molecule has 0 unspecified atom stereocenters. The van der Waals surface area contributed by atoms with Crippen LogP contribution < -0.4 is 5.73 Å². The van der Waals surface area contributed by atoms with Crippen molar-refractivity contribution in [3.8, 4) is 23.0 Å². The number of nitrogens with zero attached hydrogens (tertiary/aromatic N) is 4. The van der Waals surface area contributed by atoms with Gasteiger partial charge in [0.1, 0.15) is 5.69 Å². The number of aromatic nitrogens is 4. The first-order valence-electron chi connectivity index (χ1n) is 5.98. The van der Waals surface area contributed by atoms with Gasteiger partial charge in [-0.25, -0.2) is 4.98 Å². The fourth-order valence-electron chi connectivity index (χ4n) is 1.77. The Morgan fingerprint density at radius 3 is 2.84 bits per heavy atom. The second-order valence-electron chi connectivity index (χ2n) is 4.07. The van der Waals surface area contributed by atoms with Gasteiger partial charge in [0.2, 0.25) is 5.82 Å². The monoisotopic (exact) mass is 255 g/mol. The van der Waals surface area contributed by atoms with Crippen LogP contribution in [0.1, 0.15) is 0 Å². The first kappa shape index (κ1) is 11.6. The van der Waals surface area contributed by atoms with Crippen molar-refractivity contribution in [2.45, 2.75) is 6.54 Å². The van der Waals surface area contributed by atoms with Crippen molar-refractivity contribution in [2.24, 2.45) is 5.73 Å². The molecule has 6 heteroatoms. The van der Waals surface area contributed by atoms with Crippen LogP contribution in [0.5, 0.6) is 0 Å². The van der Waals surface area contributed by atoms with Crippen LogP contribution in [0.25, 0.3) is 23.0 Å². The second kappa shape index (κ2) is 5.03. The largest absolute Gasteiger partial charge is 0.335 e. The molecule has 1 aromatic carbocycles. The first-order chi connectivity index (χ1) is 9.36. The highest BCUT2D eigenvalue weighted by atomic mass is 16.5. The number of nitrogens with two attached hydrogens (primary N) is 1. The van der Waals surface area contributed by atoms with Crippen LogP contribution in [0.4, 0.5) is 0 Å². The maximum atomic E-state index is 5.49. The molecule has 2 N–H and O–H groups in total. The Bertz CT molecular complexity index is 658. The Morgan fingerprint density at radius 1 is 1.21 bits per heavy atom. The summed E-state index contributed by atoms with van der Waals surface area (Å²) in [5, 5.41) is 3.96. The van der Waals surface area contributed by atoms with E-state index in [9.17, 15) is 0 Å². The fraction of sp³-hybridized carbons (Fsp3) is 0.154. The molecule has 0 fully saturated rings. The molecule has 0 aliphatic carbocycles. The van der Waals surface area contributed by atoms with Crippen LogP contribution in [0, 0.1) is 0 Å². The van der Waals surface area contributed by atoms with Gasteiger partial charge in [-0.05, 0) is 0 Å². The molecule has 96 valence electrons. The van der Waals surface area contributed by atoms with Crippen molar-refractivity contribution in [1.29, 1.82) is 0 Å². The highest BCUT2D eigenvalue weighted by Crippen LogP contribution is 2.20. The summed E-state index contributed by atoms with van der Waals surface area (Å²) in [5.74, 6) is 0.971. The maximum absolute atomic E-state index is 5.49. The zero-order chi connectivity index (χ0) is 13.1. The van der Waals surface area contributed by atoms with E-state index in [1.165, 1.54) is 0 Å². The van der Waals surface area contributed by atoms with Gasteiger partial charge in [0.15, 0.2) is 0 Å². The average molecular weight is 255 g/mol. The molecule has 0 saturated heterocycles. The van der Waals surface area contributed by atoms with Crippen molar-refractivity contribution < 1.29 is 4.52 Å². The quantitative estimate of drug-likeness (QED) is 0.765. The van der Waals surface area contributed by atoms with Gasteiger partial charge in [-0.3, -0.25) is 0 Å². The summed E-state index contributed by atoms with van der Waals surface area (Å²) in [6.07, 6.45) is 3.55. The molecule has 2 aromatic heterocycles. The Balaban J connectivity index is 1.88. The highest BCUT2D eigenvalue weighted by molar-refractivity contribution is 5.57. The molecule has 0 saturated carbocycles. The van der Waals surface area contributed by atoms with Gasteiger partial charge in [0.05, 0.1) is 6.33 Å². The number of hydrogen-bond acceptors (Lipinski definition) is 5. The molecule has 0 amide bonds. The topological polar surface area (TPSA) is 82.8 Å². The molecule has 19 heavy (non-hydrogen) atoms. The minimum atomic E-state index is 0.412. The number of rotatable bonds is 4. The van der Waals surface area contributed by atoms with Gasteiger partial charge >= 0.3 is 0 Å². The summed E-state index contributed by atoms with van der Waals surface area (Å²) in [4.78, 5) is 8.56. The normalized spacial score (nSPS) is 10.8. The molecule has 3 aromatic rings. The molecular weight excluding hydrogens is 242 g/mol. The van der Waals surface area contributed by atoms with E-state index >= 15 is 0 Å². The SMILES string of the molecule is NCCn1cnc(-c2nc(-c3ccccc3)no2)c1. The zero-order valence-electron chi connectivity index (χ0n) is 10.2. The second-order valence-corrected chi connectivity index (χ2v) is 4.07. The summed E-state index contributed by atoms with van der Waals surface area (Å²) in [5.41, 5.74) is 7.06. The third kappa shape index (κ3) is 2.38. The van der Waals surface area contributed by atoms with Crippen molar-refractivity contribution in [3.63, 3.8) is 0 Å². The van der Waals surface area contributed by atoms with E-state index in [1.54, 1.807) is 6.33 Å². The van der Waals surface area contributed by atoms with Crippen LogP contribution in [0.15, 0.2) is 47.4 Å². The summed E-state index contributed by atoms with van der Waals surface area (Å²) in [7, 11) is 0. The average Bonchev–Trinajstić information content (AvgIpc) is 3.08. The third-order valence-corrected chi connectivity index (χ3v) is 2.70. The minimum Gasteiger partial charge on any atom is -0.335 e. The fourth-order valence-corrected chi connectivity index (χ4v) is 1.77. The van der Waals surface area contributed by atoms with E-state index in [-0.39, 0.29) is 0 Å². The molecule has 3 rings (SSSR count). The molecular formula is C13H13N5O. The van der Waals surface area contributed by atoms with Crippen LogP contribution in [0.2, 0.25) is 0 Å². The number of benzene rings is 1. The summed E-state index contributed by atoms with van der Waals surface area (Å²) < 4.78 is 7.12. The van der Waals surface area contributed by atoms with Gasteiger partial charge in [-0.2, -0.15) is 4.98 Å². The van der Waals surface area contributed by atoms with Crippen LogP contribution in [0.3, 0.4) is 0 Å². The van der Waals surface area contributed by atoms with E-state index in [2.05, 4.69) is 15.1 Å². The Kier molecular flexibility index (Phi) is 3.07. The molecule has 0 spiro atoms. The summed E-state index contributed by atoms with van der Waals surface area (Å²) in [6, 6.07) is 9.67. The van der Waals surface area contributed by atoms with Crippen molar-refractivity contribution in [1.82, 2.24) is 19.7 Å². The molecule has 0 atom stereocenters. The van der Waals surface area contributed by atoms with Crippen LogP contribution >= 0.6 is 0 Å². The van der Waals surface area contributed by atoms with Crippen LogP contribution in [-0.2, 0) is 6.54 Å². The van der Waals surface area contributed by atoms with Crippen molar-refractivity contribution in [3.05, 3.63) is 42.9 Å². The Hall–Kier alpha value is -2.47. The van der Waals surface area contributed by atoms with Crippen LogP contribution in [-0.4, -0.2) is 26.2 Å². The highest BCUT2D eigenvalue weighted by Gasteiger charge is 2.12. The van der Waals surface area contributed by atoms with Crippen molar-refractivity contribution in [2.75, 3.05) is 6.54 Å². The number of imidazole rings is 1. The third-order valence-electron chi connectivity index (χ3n) is 2.70. The van der Waals surface area contributed by atoms with E-state index in [1.807, 2.05) is 41.1 Å². The molecule has 0 bridgehead atoms. The molecule has 6 nitrogen and oxygen atoms in total. The van der Waals surface area contributed by atoms with Gasteiger partial charge in [-0.1, -0.05) is 35.5 Å². The zero-order valence-corrected chi connectivity index (χ0v) is 10.2. The Labute approximate surface area is 109 Å². The molecule has 0 radical (unpaired) electrons. The van der Waals surface area contributed by atoms with Gasteiger partial charge in [0.25, 0.3) is 5.89 Å². The van der Waals surface area contributed by atoms with Gasteiger partial charge in [0, 0.05) is 24.8 Å². The predicted molar refractivity (Wildman–Crippen MR) is 70.0 cm³/mol. The standard InChI is InChI=1S/C13H13N5O/c14-6-7-18-8-11(15-9-18)13-16-12(17-19-13)10-4-2-1-3-5-10/h1-5,8-9H,6-7,14H2. The van der Waals surface area contributed by atoms with E-state index in [4.69, 9.17) is 10.3 Å². The molecule has 0 aliphatic heterocycles. The molecule has 2 heterocycles. The Morgan fingerprint density at radius 2 is 2.05 bits per heavy atom. The lowest BCUT2D eigenvalue weighted by Crippen LogP contribution is -2.07. The lowest BCUT2D eigenvalue weighted by atomic mass is 10.2. The van der Waals surface area contributed by atoms with E-state index < -0.39 is 0 Å². The lowest BCUT2D eigenvalue weighted by Gasteiger charge is -1.94. The summed E-state index contributed by atoms with van der Waals surface area (Å²) in [6.45, 7) is 1.28. The minimum absolute atomic E-state index is 0.412. The van der Waals surface area contributed by atoms with E-state index in [0.717, 1.165) is 5.56 Å². The van der Waals surface area contributed by atoms with Gasteiger partial charge < -0.3 is 14.8 Å². The first-order valence-corrected chi connectivity index (χ1v) is 5.98. The molecule has 0 aliphatic rings. The lowest BCUT2D eigenvalue weighted by molar-refractivity contribution is 0.431. The number of hydrogen-bond donors (Lipinski definition) is 1. The maximum Gasteiger partial charge on any atom is 0.278 e. The smallest absolute Gasteiger partial charge is 0.278 e. The van der Waals surface area contributed by atoms with E-state index in [0.29, 0.717) is 30.5 Å². The van der Waals surface area contributed by atoms with Crippen molar-refractivity contribution >= 4 is 0 Å². The van der Waals surface area contributed by atoms with Gasteiger partial charge in [-0.15, -0.1) is 0 Å². The predicted octanol–water partition coefficient (Wildman–Crippen LogP) is 1.56. The summed E-state index contributed by atoms with van der Waals surface area (Å²) >= 11 is 0.